The first-order valence-corrected chi connectivity index (χ1v) is 3.88. The molecule has 5 atom stereocenters. The van der Waals surface area contributed by atoms with E-state index in [0.29, 0.717) is 0 Å². The fraction of sp³-hybridized carbons (Fsp3) is 1.00. The monoisotopic (exact) mass is 178 g/mol. The SMILES string of the molecule is C[C@H]1OC(CO)[C@H](O)C(O)C1O. The van der Waals surface area contributed by atoms with Gasteiger partial charge in [-0.1, -0.05) is 0 Å². The topological polar surface area (TPSA) is 90.2 Å². The fourth-order valence-electron chi connectivity index (χ4n) is 1.29. The number of rotatable bonds is 1. The van der Waals surface area contributed by atoms with Crippen molar-refractivity contribution >= 4 is 0 Å². The van der Waals surface area contributed by atoms with Gasteiger partial charge in [0.05, 0.1) is 12.7 Å². The molecule has 12 heavy (non-hydrogen) atoms. The molecule has 3 unspecified atom stereocenters. The zero-order valence-corrected chi connectivity index (χ0v) is 6.79. The van der Waals surface area contributed by atoms with Crippen LogP contribution in [-0.2, 0) is 4.74 Å². The number of aliphatic hydroxyl groups excluding tert-OH is 4. The summed E-state index contributed by atoms with van der Waals surface area (Å²) in [6.07, 6.45) is -4.94. The van der Waals surface area contributed by atoms with Gasteiger partial charge in [-0.2, -0.15) is 0 Å². The van der Waals surface area contributed by atoms with Crippen molar-refractivity contribution in [2.75, 3.05) is 6.61 Å². The lowest BCUT2D eigenvalue weighted by molar-refractivity contribution is -0.224. The normalized spacial score (nSPS) is 49.2. The summed E-state index contributed by atoms with van der Waals surface area (Å²) in [5.41, 5.74) is 0. The molecule has 1 aliphatic heterocycles. The van der Waals surface area contributed by atoms with Crippen LogP contribution in [0, 0.1) is 0 Å². The molecule has 1 aliphatic rings. The summed E-state index contributed by atoms with van der Waals surface area (Å²) in [6.45, 7) is 1.21. The minimum Gasteiger partial charge on any atom is -0.394 e. The van der Waals surface area contributed by atoms with Gasteiger partial charge in [0.2, 0.25) is 0 Å². The maximum absolute atomic E-state index is 9.23. The third kappa shape index (κ3) is 1.60. The molecule has 0 aromatic rings. The zero-order chi connectivity index (χ0) is 9.30. The molecular formula is C7H14O5. The number of ether oxygens (including phenoxy) is 1. The molecule has 72 valence electrons. The number of aliphatic hydroxyl groups is 4. The summed E-state index contributed by atoms with van der Waals surface area (Å²) in [5, 5.41) is 36.4. The lowest BCUT2D eigenvalue weighted by Crippen LogP contribution is -2.57. The first kappa shape index (κ1) is 9.88. The molecule has 0 amide bonds. The van der Waals surface area contributed by atoms with Crippen LogP contribution >= 0.6 is 0 Å². The van der Waals surface area contributed by atoms with Gasteiger partial charge in [0.1, 0.15) is 24.4 Å². The highest BCUT2D eigenvalue weighted by Crippen LogP contribution is 2.20. The van der Waals surface area contributed by atoms with E-state index in [1.165, 1.54) is 0 Å². The van der Waals surface area contributed by atoms with E-state index in [1.807, 2.05) is 0 Å². The molecule has 0 radical (unpaired) electrons. The van der Waals surface area contributed by atoms with E-state index in [1.54, 1.807) is 6.92 Å². The van der Waals surface area contributed by atoms with E-state index in [4.69, 9.17) is 9.84 Å². The van der Waals surface area contributed by atoms with E-state index in [2.05, 4.69) is 0 Å². The molecule has 0 saturated carbocycles. The lowest BCUT2D eigenvalue weighted by Gasteiger charge is -2.38. The second kappa shape index (κ2) is 3.68. The van der Waals surface area contributed by atoms with Gasteiger partial charge in [0.25, 0.3) is 0 Å². The summed E-state index contributed by atoms with van der Waals surface area (Å²) in [5.74, 6) is 0. The average molecular weight is 178 g/mol. The highest BCUT2D eigenvalue weighted by atomic mass is 16.5. The van der Waals surface area contributed by atoms with Crippen LogP contribution in [0.15, 0.2) is 0 Å². The van der Waals surface area contributed by atoms with Crippen LogP contribution < -0.4 is 0 Å². The molecule has 5 nitrogen and oxygen atoms in total. The minimum atomic E-state index is -1.24. The van der Waals surface area contributed by atoms with Crippen LogP contribution in [0.5, 0.6) is 0 Å². The predicted molar refractivity (Wildman–Crippen MR) is 39.4 cm³/mol. The van der Waals surface area contributed by atoms with Crippen LogP contribution in [0.4, 0.5) is 0 Å². The standard InChI is InChI=1S/C7H14O5/c1-3-5(9)7(11)6(10)4(2-8)12-3/h3-11H,2H2,1H3/t3-,4?,5?,6+,7?/m1/s1. The summed E-state index contributed by atoms with van der Waals surface area (Å²) >= 11 is 0. The quantitative estimate of drug-likeness (QED) is 0.367. The van der Waals surface area contributed by atoms with Gasteiger partial charge in [0, 0.05) is 0 Å². The lowest BCUT2D eigenvalue weighted by atomic mass is 9.96. The Labute approximate surface area is 70.2 Å². The van der Waals surface area contributed by atoms with Crippen molar-refractivity contribution in [3.8, 4) is 0 Å². The Bertz CT molecular complexity index is 146. The molecule has 4 N–H and O–H groups in total. The van der Waals surface area contributed by atoms with Gasteiger partial charge >= 0.3 is 0 Å². The van der Waals surface area contributed by atoms with Crippen LogP contribution in [-0.4, -0.2) is 57.6 Å². The fourth-order valence-corrected chi connectivity index (χ4v) is 1.29. The van der Waals surface area contributed by atoms with Crippen LogP contribution in [0.3, 0.4) is 0 Å². The second-order valence-corrected chi connectivity index (χ2v) is 3.03. The van der Waals surface area contributed by atoms with Gasteiger partial charge in [-0.3, -0.25) is 0 Å². The van der Waals surface area contributed by atoms with Gasteiger partial charge in [-0.05, 0) is 6.92 Å². The Morgan fingerprint density at radius 1 is 1.08 bits per heavy atom. The number of hydrogen-bond donors (Lipinski definition) is 4. The first-order chi connectivity index (χ1) is 5.57. The molecule has 1 fully saturated rings. The van der Waals surface area contributed by atoms with Crippen LogP contribution in [0.25, 0.3) is 0 Å². The Hall–Kier alpha value is -0.200. The van der Waals surface area contributed by atoms with Crippen molar-refractivity contribution < 1.29 is 25.2 Å². The molecule has 5 heteroatoms. The third-order valence-electron chi connectivity index (χ3n) is 2.13. The van der Waals surface area contributed by atoms with E-state index >= 15 is 0 Å². The summed E-state index contributed by atoms with van der Waals surface area (Å²) in [4.78, 5) is 0. The van der Waals surface area contributed by atoms with Gasteiger partial charge in [0.15, 0.2) is 0 Å². The average Bonchev–Trinajstić information content (AvgIpc) is 2.08. The summed E-state index contributed by atoms with van der Waals surface area (Å²) < 4.78 is 5.02. The highest BCUT2D eigenvalue weighted by molar-refractivity contribution is 4.89. The number of hydrogen-bond acceptors (Lipinski definition) is 5. The van der Waals surface area contributed by atoms with Crippen LogP contribution in [0.1, 0.15) is 6.92 Å². The van der Waals surface area contributed by atoms with Crippen molar-refractivity contribution in [2.45, 2.75) is 37.4 Å². The Kier molecular flexibility index (Phi) is 3.03. The van der Waals surface area contributed by atoms with Crippen molar-refractivity contribution in [3.05, 3.63) is 0 Å². The second-order valence-electron chi connectivity index (χ2n) is 3.03. The van der Waals surface area contributed by atoms with E-state index in [-0.39, 0.29) is 6.61 Å². The van der Waals surface area contributed by atoms with E-state index < -0.39 is 30.5 Å². The van der Waals surface area contributed by atoms with Gasteiger partial charge in [-0.25, -0.2) is 0 Å². The summed E-state index contributed by atoms with van der Waals surface area (Å²) in [7, 11) is 0. The molecule has 1 saturated heterocycles. The molecule has 0 aromatic carbocycles. The molecule has 1 rings (SSSR count). The smallest absolute Gasteiger partial charge is 0.111 e. The first-order valence-electron chi connectivity index (χ1n) is 3.88. The molecule has 1 heterocycles. The van der Waals surface area contributed by atoms with E-state index in [9.17, 15) is 15.3 Å². The van der Waals surface area contributed by atoms with Gasteiger partial charge < -0.3 is 25.2 Å². The predicted octanol–water partition coefficient (Wildman–Crippen LogP) is -2.15. The molecule has 0 bridgehead atoms. The van der Waals surface area contributed by atoms with Crippen molar-refractivity contribution in [1.29, 1.82) is 0 Å². The highest BCUT2D eigenvalue weighted by Gasteiger charge is 2.41. The van der Waals surface area contributed by atoms with Crippen molar-refractivity contribution in [3.63, 3.8) is 0 Å². The Balaban J connectivity index is 2.63. The maximum atomic E-state index is 9.23. The Morgan fingerprint density at radius 2 is 1.67 bits per heavy atom. The molecule has 0 spiro atoms. The van der Waals surface area contributed by atoms with Crippen molar-refractivity contribution in [1.82, 2.24) is 0 Å². The maximum Gasteiger partial charge on any atom is 0.111 e. The Morgan fingerprint density at radius 3 is 2.17 bits per heavy atom. The van der Waals surface area contributed by atoms with Crippen molar-refractivity contribution in [2.24, 2.45) is 0 Å². The molecule has 0 aromatic heterocycles. The summed E-state index contributed by atoms with van der Waals surface area (Å²) in [6, 6.07) is 0. The van der Waals surface area contributed by atoms with Crippen LogP contribution in [0.2, 0.25) is 0 Å². The van der Waals surface area contributed by atoms with Gasteiger partial charge in [-0.15, -0.1) is 0 Å². The van der Waals surface area contributed by atoms with E-state index in [0.717, 1.165) is 0 Å². The third-order valence-corrected chi connectivity index (χ3v) is 2.13. The minimum absolute atomic E-state index is 0.366. The molecule has 0 aliphatic carbocycles. The molecular weight excluding hydrogens is 164 g/mol. The largest absolute Gasteiger partial charge is 0.394 e. The zero-order valence-electron chi connectivity index (χ0n) is 6.79.